The molecule has 249 valence electrons. The van der Waals surface area contributed by atoms with Gasteiger partial charge in [0.25, 0.3) is 0 Å². The van der Waals surface area contributed by atoms with Crippen molar-refractivity contribution >= 4 is 44.1 Å². The van der Waals surface area contributed by atoms with E-state index >= 15 is 0 Å². The van der Waals surface area contributed by atoms with Crippen LogP contribution < -0.4 is 0 Å². The predicted molar refractivity (Wildman–Crippen MR) is 138 cm³/mol. The second kappa shape index (κ2) is 19.8. The van der Waals surface area contributed by atoms with Crippen LogP contribution in [0.5, 0.6) is 0 Å². The van der Waals surface area contributed by atoms with Gasteiger partial charge in [0.15, 0.2) is 0 Å². The molecule has 2 aromatic carbocycles. The number of carbonyl (C=O) groups excluding carboxylic acids is 4. The maximum atomic E-state index is 11.6. The van der Waals surface area contributed by atoms with E-state index in [0.29, 0.717) is 0 Å². The van der Waals surface area contributed by atoms with Gasteiger partial charge in [0.05, 0.1) is 58.5 Å². The third kappa shape index (κ3) is 14.4. The van der Waals surface area contributed by atoms with E-state index in [9.17, 15) is 45.1 Å². The summed E-state index contributed by atoms with van der Waals surface area (Å²) in [5.41, 5.74) is -1.44. The second-order valence-electron chi connectivity index (χ2n) is 7.84. The Morgan fingerprint density at radius 3 is 0.844 bits per heavy atom. The number of ether oxygens (including phenoxy) is 4. The standard InChI is InChI=1S/2C12H14O9S.Mn/c2*13-1-3-20-11(15)8-5-9(12(16)21-4-2-14)7-10(6-8)22(17,18)19;/h2*5-7,13-14H,1-4H2,(H,17,18,19);/q;;+2/p-2. The summed E-state index contributed by atoms with van der Waals surface area (Å²) in [5.74, 6) is -4.07. The molecule has 2 aromatic rings. The van der Waals surface area contributed by atoms with Crippen molar-refractivity contribution in [2.75, 3.05) is 52.9 Å². The fourth-order valence-electron chi connectivity index (χ4n) is 2.84. The minimum absolute atomic E-state index is 0. The number of hydrogen-bond donors (Lipinski definition) is 4. The Kier molecular flexibility index (Phi) is 18.3. The summed E-state index contributed by atoms with van der Waals surface area (Å²) in [7, 11) is -9.84. The zero-order valence-corrected chi connectivity index (χ0v) is 25.6. The Bertz CT molecular complexity index is 1350. The molecule has 1 radical (unpaired) electrons. The van der Waals surface area contributed by atoms with Crippen molar-refractivity contribution in [3.63, 3.8) is 0 Å². The summed E-state index contributed by atoms with van der Waals surface area (Å²) in [4.78, 5) is 45.0. The van der Waals surface area contributed by atoms with E-state index in [4.69, 9.17) is 20.4 Å². The quantitative estimate of drug-likeness (QED) is 0.0694. The van der Waals surface area contributed by atoms with E-state index in [0.717, 1.165) is 36.4 Å². The average Bonchev–Trinajstić information content (AvgIpc) is 2.98. The van der Waals surface area contributed by atoms with Crippen LogP contribution in [0.1, 0.15) is 41.4 Å². The minimum Gasteiger partial charge on any atom is -0.744 e. The van der Waals surface area contributed by atoms with Crippen molar-refractivity contribution in [2.45, 2.75) is 9.79 Å². The van der Waals surface area contributed by atoms with Gasteiger partial charge >= 0.3 is 40.9 Å². The molecule has 45 heavy (non-hydrogen) atoms. The Morgan fingerprint density at radius 2 is 0.689 bits per heavy atom. The SMILES string of the molecule is O=C(OCCO)c1cc(C(=O)OCCO)cc(S(=O)(=O)[O-])c1.O=C(OCCO)c1cc(C(=O)OCCO)cc(S(=O)(=O)[O-])c1.[Mn+2]. The molecule has 4 N–H and O–H groups in total. The van der Waals surface area contributed by atoms with Crippen molar-refractivity contribution in [3.05, 3.63) is 58.7 Å². The number of rotatable bonds is 14. The van der Waals surface area contributed by atoms with Gasteiger partial charge in [0.1, 0.15) is 46.7 Å². The maximum absolute atomic E-state index is 11.6. The molecule has 0 amide bonds. The first-order valence-corrected chi connectivity index (χ1v) is 14.7. The van der Waals surface area contributed by atoms with Gasteiger partial charge in [0, 0.05) is 0 Å². The van der Waals surface area contributed by atoms with Crippen molar-refractivity contribution < 1.29 is 102 Å². The summed E-state index contributed by atoms with van der Waals surface area (Å²) >= 11 is 0. The number of aliphatic hydroxyl groups excluding tert-OH is 4. The molecule has 0 aliphatic carbocycles. The number of esters is 4. The van der Waals surface area contributed by atoms with Crippen LogP contribution >= 0.6 is 0 Å². The molecule has 0 saturated heterocycles. The first-order chi connectivity index (χ1) is 20.6. The summed E-state index contributed by atoms with van der Waals surface area (Å²) < 4.78 is 84.8. The van der Waals surface area contributed by atoms with Crippen LogP contribution in [-0.4, -0.2) is 123 Å². The van der Waals surface area contributed by atoms with Crippen LogP contribution in [0, 0.1) is 0 Å². The summed E-state index contributed by atoms with van der Waals surface area (Å²) in [6, 6.07) is 4.98. The fourth-order valence-corrected chi connectivity index (χ4v) is 3.93. The van der Waals surface area contributed by atoms with Gasteiger partial charge < -0.3 is 48.5 Å². The first kappa shape index (κ1) is 41.5. The molecule has 0 bridgehead atoms. The van der Waals surface area contributed by atoms with Gasteiger partial charge in [-0.25, -0.2) is 36.0 Å². The molecule has 0 heterocycles. The first-order valence-electron chi connectivity index (χ1n) is 11.9. The zero-order valence-electron chi connectivity index (χ0n) is 22.8. The van der Waals surface area contributed by atoms with Crippen molar-refractivity contribution in [1.82, 2.24) is 0 Å². The predicted octanol–water partition coefficient (Wildman–Crippen LogP) is -2.22. The van der Waals surface area contributed by atoms with Gasteiger partial charge in [-0.05, 0) is 36.4 Å². The van der Waals surface area contributed by atoms with Gasteiger partial charge in [-0.3, -0.25) is 0 Å². The Hall–Kier alpha value is -3.50. The van der Waals surface area contributed by atoms with Gasteiger partial charge in [-0.1, -0.05) is 0 Å². The Morgan fingerprint density at radius 1 is 0.489 bits per heavy atom. The van der Waals surface area contributed by atoms with Gasteiger partial charge in [0.2, 0.25) is 0 Å². The van der Waals surface area contributed by atoms with Crippen LogP contribution in [0.4, 0.5) is 0 Å². The molecule has 21 heteroatoms. The van der Waals surface area contributed by atoms with E-state index in [1.807, 2.05) is 0 Å². The molecular formula is C24H26MnO18S2. The Balaban J connectivity index is 0.000000842. The summed E-state index contributed by atoms with van der Waals surface area (Å²) in [5, 5.41) is 34.3. The maximum Gasteiger partial charge on any atom is 2.00 e. The molecule has 2 rings (SSSR count). The monoisotopic (exact) mass is 721 g/mol. The van der Waals surface area contributed by atoms with E-state index < -0.39 is 80.3 Å². The van der Waals surface area contributed by atoms with E-state index in [1.54, 1.807) is 0 Å². The molecule has 0 aliphatic heterocycles. The molecule has 0 spiro atoms. The average molecular weight is 722 g/mol. The Labute approximate surface area is 266 Å². The molecular weight excluding hydrogens is 695 g/mol. The second-order valence-corrected chi connectivity index (χ2v) is 10.6. The topological polar surface area (TPSA) is 301 Å². The van der Waals surface area contributed by atoms with Crippen LogP contribution in [0.25, 0.3) is 0 Å². The third-order valence-electron chi connectivity index (χ3n) is 4.63. The molecule has 0 saturated carbocycles. The zero-order chi connectivity index (χ0) is 33.5. The molecule has 0 fully saturated rings. The van der Waals surface area contributed by atoms with Crippen molar-refractivity contribution in [2.24, 2.45) is 0 Å². The van der Waals surface area contributed by atoms with E-state index in [1.165, 1.54) is 0 Å². The normalized spacial score (nSPS) is 10.8. The van der Waals surface area contributed by atoms with Crippen molar-refractivity contribution in [1.29, 1.82) is 0 Å². The van der Waals surface area contributed by atoms with Crippen molar-refractivity contribution in [3.8, 4) is 0 Å². The number of benzene rings is 2. The summed E-state index contributed by atoms with van der Waals surface area (Å²) in [6.45, 7) is -3.13. The van der Waals surface area contributed by atoms with Gasteiger partial charge in [-0.15, -0.1) is 0 Å². The van der Waals surface area contributed by atoms with Gasteiger partial charge in [-0.2, -0.15) is 0 Å². The van der Waals surface area contributed by atoms with Crippen LogP contribution in [0.2, 0.25) is 0 Å². The molecule has 0 unspecified atom stereocenters. The molecule has 0 aliphatic rings. The minimum atomic E-state index is -4.92. The third-order valence-corrected chi connectivity index (χ3v) is 6.26. The summed E-state index contributed by atoms with van der Waals surface area (Å²) in [6.07, 6.45) is 0. The van der Waals surface area contributed by atoms with E-state index in [-0.39, 0.29) is 65.8 Å². The fraction of sp³-hybridized carbons (Fsp3) is 0.333. The van der Waals surface area contributed by atoms with Crippen LogP contribution in [0.3, 0.4) is 0 Å². The smallest absolute Gasteiger partial charge is 0.744 e. The largest absolute Gasteiger partial charge is 2.00 e. The molecule has 0 aromatic heterocycles. The molecule has 18 nitrogen and oxygen atoms in total. The number of hydrogen-bond acceptors (Lipinski definition) is 18. The number of carbonyl (C=O) groups is 4. The number of aliphatic hydroxyl groups is 4. The van der Waals surface area contributed by atoms with Crippen LogP contribution in [-0.2, 0) is 56.3 Å². The van der Waals surface area contributed by atoms with E-state index in [2.05, 4.69) is 18.9 Å². The molecule has 0 atom stereocenters. The van der Waals surface area contributed by atoms with Crippen LogP contribution in [0.15, 0.2) is 46.2 Å².